The van der Waals surface area contributed by atoms with Crippen molar-refractivity contribution in [2.45, 2.75) is 25.7 Å². The lowest BCUT2D eigenvalue weighted by Gasteiger charge is -2.02. The second kappa shape index (κ2) is 7.13. The number of nitrogens with zero attached hydrogens (tertiary/aromatic N) is 1. The zero-order valence-corrected chi connectivity index (χ0v) is 10.8. The first-order valence-electron chi connectivity index (χ1n) is 6.74. The third-order valence-electron chi connectivity index (χ3n) is 3.01. The van der Waals surface area contributed by atoms with Crippen molar-refractivity contribution >= 4 is 11.0 Å². The van der Waals surface area contributed by atoms with Gasteiger partial charge in [0.2, 0.25) is 0 Å². The summed E-state index contributed by atoms with van der Waals surface area (Å²) in [6, 6.07) is 8.16. The maximum atomic E-state index is 5.44. The molecule has 0 fully saturated rings. The van der Waals surface area contributed by atoms with Gasteiger partial charge >= 0.3 is 0 Å². The first kappa shape index (κ1) is 13.1. The van der Waals surface area contributed by atoms with Crippen LogP contribution in [0.5, 0.6) is 0 Å². The predicted molar refractivity (Wildman–Crippen MR) is 75.6 cm³/mol. The average molecular weight is 246 g/mol. The molecule has 0 saturated carbocycles. The Labute approximate surface area is 108 Å². The molecule has 0 atom stereocenters. The number of benzene rings is 1. The molecule has 1 aromatic carbocycles. The molecule has 4 N–H and O–H groups in total. The summed E-state index contributed by atoms with van der Waals surface area (Å²) in [6.45, 7) is 2.90. The minimum atomic E-state index is 0.792. The van der Waals surface area contributed by atoms with Gasteiger partial charge in [0.15, 0.2) is 0 Å². The number of fused-ring (bicyclic) bond motifs is 1. The fourth-order valence-electron chi connectivity index (χ4n) is 2.02. The predicted octanol–water partition coefficient (Wildman–Crippen LogP) is 1.82. The molecule has 0 amide bonds. The number of aryl methyl sites for hydroxylation is 1. The highest BCUT2D eigenvalue weighted by molar-refractivity contribution is 5.74. The molecule has 0 bridgehead atoms. The van der Waals surface area contributed by atoms with E-state index in [0.29, 0.717) is 0 Å². The van der Waals surface area contributed by atoms with E-state index in [0.717, 1.165) is 55.8 Å². The summed E-state index contributed by atoms with van der Waals surface area (Å²) in [6.07, 6.45) is 4.39. The van der Waals surface area contributed by atoms with Crippen LogP contribution in [0.15, 0.2) is 24.3 Å². The van der Waals surface area contributed by atoms with Crippen LogP contribution >= 0.6 is 0 Å². The molecule has 4 nitrogen and oxygen atoms in total. The Morgan fingerprint density at radius 1 is 1.11 bits per heavy atom. The van der Waals surface area contributed by atoms with Crippen LogP contribution < -0.4 is 11.1 Å². The Bertz CT molecular complexity index is 431. The van der Waals surface area contributed by atoms with Gasteiger partial charge in [-0.2, -0.15) is 0 Å². The van der Waals surface area contributed by atoms with Crippen molar-refractivity contribution in [1.29, 1.82) is 0 Å². The molecule has 0 aliphatic heterocycles. The van der Waals surface area contributed by atoms with Crippen molar-refractivity contribution in [1.82, 2.24) is 15.3 Å². The van der Waals surface area contributed by atoms with Gasteiger partial charge in [-0.15, -0.1) is 0 Å². The van der Waals surface area contributed by atoms with Crippen LogP contribution in [-0.4, -0.2) is 29.6 Å². The normalized spacial score (nSPS) is 11.2. The molecule has 0 spiro atoms. The Hall–Kier alpha value is -1.39. The quantitative estimate of drug-likeness (QED) is 0.622. The van der Waals surface area contributed by atoms with Crippen LogP contribution in [0.4, 0.5) is 0 Å². The van der Waals surface area contributed by atoms with Gasteiger partial charge in [-0.3, -0.25) is 0 Å². The van der Waals surface area contributed by atoms with Crippen LogP contribution in [0.2, 0.25) is 0 Å². The second-order valence-corrected chi connectivity index (χ2v) is 4.55. The zero-order chi connectivity index (χ0) is 12.6. The molecule has 0 saturated heterocycles. The summed E-state index contributed by atoms with van der Waals surface area (Å²) in [5.41, 5.74) is 7.63. The number of hydrogen-bond acceptors (Lipinski definition) is 3. The zero-order valence-electron chi connectivity index (χ0n) is 10.8. The van der Waals surface area contributed by atoms with Crippen molar-refractivity contribution in [3.8, 4) is 0 Å². The highest BCUT2D eigenvalue weighted by Crippen LogP contribution is 2.10. The highest BCUT2D eigenvalue weighted by Gasteiger charge is 2.00. The molecular formula is C14H22N4. The third-order valence-corrected chi connectivity index (χ3v) is 3.01. The number of H-pyrrole nitrogens is 1. The Morgan fingerprint density at radius 2 is 1.94 bits per heavy atom. The lowest BCUT2D eigenvalue weighted by molar-refractivity contribution is 0.603. The van der Waals surface area contributed by atoms with Crippen LogP contribution in [0, 0.1) is 0 Å². The SMILES string of the molecule is NCCCCNCCCc1nc2ccccc2[nH]1. The van der Waals surface area contributed by atoms with Crippen molar-refractivity contribution in [3.05, 3.63) is 30.1 Å². The molecule has 1 aromatic heterocycles. The monoisotopic (exact) mass is 246 g/mol. The average Bonchev–Trinajstić information content (AvgIpc) is 2.80. The van der Waals surface area contributed by atoms with Crippen LogP contribution in [0.1, 0.15) is 25.1 Å². The number of imidazole rings is 1. The number of nitrogens with two attached hydrogens (primary N) is 1. The number of hydrogen-bond donors (Lipinski definition) is 3. The molecule has 0 unspecified atom stereocenters. The molecule has 0 radical (unpaired) electrons. The Balaban J connectivity index is 1.67. The maximum absolute atomic E-state index is 5.44. The number of para-hydroxylation sites is 2. The van der Waals surface area contributed by atoms with Gasteiger partial charge in [0.1, 0.15) is 5.82 Å². The van der Waals surface area contributed by atoms with Crippen molar-refractivity contribution < 1.29 is 0 Å². The van der Waals surface area contributed by atoms with Gasteiger partial charge in [0, 0.05) is 6.42 Å². The van der Waals surface area contributed by atoms with E-state index in [1.807, 2.05) is 18.2 Å². The summed E-state index contributed by atoms with van der Waals surface area (Å²) in [5, 5.41) is 3.43. The van der Waals surface area contributed by atoms with E-state index in [1.54, 1.807) is 0 Å². The minimum absolute atomic E-state index is 0.792. The van der Waals surface area contributed by atoms with Crippen LogP contribution in [0.3, 0.4) is 0 Å². The molecule has 98 valence electrons. The summed E-state index contributed by atoms with van der Waals surface area (Å²) < 4.78 is 0. The number of unbranched alkanes of at least 4 members (excludes halogenated alkanes) is 1. The lowest BCUT2D eigenvalue weighted by Crippen LogP contribution is -2.18. The van der Waals surface area contributed by atoms with Gasteiger partial charge in [-0.1, -0.05) is 12.1 Å². The van der Waals surface area contributed by atoms with E-state index >= 15 is 0 Å². The van der Waals surface area contributed by atoms with Crippen molar-refractivity contribution in [2.75, 3.05) is 19.6 Å². The van der Waals surface area contributed by atoms with Crippen molar-refractivity contribution in [3.63, 3.8) is 0 Å². The molecule has 2 rings (SSSR count). The third kappa shape index (κ3) is 3.82. The van der Waals surface area contributed by atoms with E-state index in [9.17, 15) is 0 Å². The van der Waals surface area contributed by atoms with Crippen molar-refractivity contribution in [2.24, 2.45) is 5.73 Å². The lowest BCUT2D eigenvalue weighted by atomic mass is 10.3. The first-order chi connectivity index (χ1) is 8.90. The van der Waals surface area contributed by atoms with E-state index in [-0.39, 0.29) is 0 Å². The molecule has 0 aliphatic rings. The summed E-state index contributed by atoms with van der Waals surface area (Å²) in [7, 11) is 0. The summed E-state index contributed by atoms with van der Waals surface area (Å²) >= 11 is 0. The van der Waals surface area contributed by atoms with E-state index < -0.39 is 0 Å². The van der Waals surface area contributed by atoms with Gasteiger partial charge in [-0.05, 0) is 51.0 Å². The van der Waals surface area contributed by atoms with E-state index in [1.165, 1.54) is 6.42 Å². The maximum Gasteiger partial charge on any atom is 0.107 e. The Morgan fingerprint density at radius 3 is 2.78 bits per heavy atom. The number of aromatic amines is 1. The fourth-order valence-corrected chi connectivity index (χ4v) is 2.02. The summed E-state index contributed by atoms with van der Waals surface area (Å²) in [4.78, 5) is 7.91. The topological polar surface area (TPSA) is 66.7 Å². The molecular weight excluding hydrogens is 224 g/mol. The minimum Gasteiger partial charge on any atom is -0.342 e. The molecule has 2 aromatic rings. The second-order valence-electron chi connectivity index (χ2n) is 4.55. The number of aromatic nitrogens is 2. The van der Waals surface area contributed by atoms with Crippen LogP contribution in [-0.2, 0) is 6.42 Å². The standard InChI is InChI=1S/C14H22N4/c15-9-3-4-10-16-11-5-8-14-17-12-6-1-2-7-13(12)18-14/h1-2,6-7,16H,3-5,8-11,15H2,(H,17,18). The van der Waals surface area contributed by atoms with Gasteiger partial charge in [0.25, 0.3) is 0 Å². The molecule has 1 heterocycles. The number of rotatable bonds is 8. The molecule has 4 heteroatoms. The van der Waals surface area contributed by atoms with E-state index in [2.05, 4.69) is 21.4 Å². The number of nitrogens with one attached hydrogen (secondary N) is 2. The largest absolute Gasteiger partial charge is 0.342 e. The van der Waals surface area contributed by atoms with Gasteiger partial charge in [0.05, 0.1) is 11.0 Å². The highest BCUT2D eigenvalue weighted by atomic mass is 14.9. The smallest absolute Gasteiger partial charge is 0.107 e. The molecule has 0 aliphatic carbocycles. The van der Waals surface area contributed by atoms with Crippen LogP contribution in [0.25, 0.3) is 11.0 Å². The Kier molecular flexibility index (Phi) is 5.17. The molecule has 18 heavy (non-hydrogen) atoms. The fraction of sp³-hybridized carbons (Fsp3) is 0.500. The van der Waals surface area contributed by atoms with Gasteiger partial charge in [-0.25, -0.2) is 4.98 Å². The van der Waals surface area contributed by atoms with Gasteiger partial charge < -0.3 is 16.0 Å². The first-order valence-corrected chi connectivity index (χ1v) is 6.74. The van der Waals surface area contributed by atoms with E-state index in [4.69, 9.17) is 5.73 Å². The summed E-state index contributed by atoms with van der Waals surface area (Å²) in [5.74, 6) is 1.08.